The molecular weight excluding hydrogens is 494 g/mol. The third-order valence-corrected chi connectivity index (χ3v) is 6.24. The van der Waals surface area contributed by atoms with Crippen LogP contribution in [-0.4, -0.2) is 0 Å². The van der Waals surface area contributed by atoms with E-state index < -0.39 is 0 Å². The maximum absolute atomic E-state index is 4.38. The van der Waals surface area contributed by atoms with Gasteiger partial charge in [-0.3, -0.25) is 0 Å². The van der Waals surface area contributed by atoms with Crippen LogP contribution in [0, 0.1) is 6.92 Å². The van der Waals surface area contributed by atoms with Crippen molar-refractivity contribution in [2.75, 3.05) is 5.32 Å². The van der Waals surface area contributed by atoms with Crippen LogP contribution < -0.4 is 5.32 Å². The summed E-state index contributed by atoms with van der Waals surface area (Å²) in [5, 5.41) is 3.52. The van der Waals surface area contributed by atoms with Crippen LogP contribution in [0.25, 0.3) is 5.57 Å². The second-order valence-corrected chi connectivity index (χ2v) is 9.96. The van der Waals surface area contributed by atoms with E-state index in [2.05, 4.69) is 153 Å². The van der Waals surface area contributed by atoms with Gasteiger partial charge in [-0.05, 0) is 56.5 Å². The van der Waals surface area contributed by atoms with Gasteiger partial charge in [-0.15, -0.1) is 0 Å². The zero-order valence-electron chi connectivity index (χ0n) is 27.8. The van der Waals surface area contributed by atoms with Crippen LogP contribution >= 0.6 is 0 Å². The molecule has 222 valence electrons. The minimum Gasteiger partial charge on any atom is -0.355 e. The first-order chi connectivity index (χ1) is 19.8. The summed E-state index contributed by atoms with van der Waals surface area (Å²) in [6.45, 7) is 29.4. The first kappa shape index (κ1) is 37.4. The van der Waals surface area contributed by atoms with E-state index >= 15 is 0 Å². The Morgan fingerprint density at radius 2 is 1.41 bits per heavy atom. The first-order valence-electron chi connectivity index (χ1n) is 15.5. The Morgan fingerprint density at radius 1 is 0.829 bits per heavy atom. The Kier molecular flexibility index (Phi) is 20.2. The van der Waals surface area contributed by atoms with Crippen molar-refractivity contribution in [1.82, 2.24) is 0 Å². The molecule has 0 spiro atoms. The minimum absolute atomic E-state index is 0.904. The van der Waals surface area contributed by atoms with Crippen LogP contribution in [0.4, 0.5) is 5.69 Å². The fraction of sp³-hybridized carbons (Fsp3) is 0.350. The van der Waals surface area contributed by atoms with Gasteiger partial charge in [0, 0.05) is 28.1 Å². The summed E-state index contributed by atoms with van der Waals surface area (Å²) in [5.41, 5.74) is 11.4. The summed E-state index contributed by atoms with van der Waals surface area (Å²) in [5.74, 6) is 0. The maximum Gasteiger partial charge on any atom is 0.0464 e. The van der Waals surface area contributed by atoms with E-state index in [1.165, 1.54) is 53.5 Å². The Bertz CT molecular complexity index is 1200. The molecule has 1 heteroatoms. The third-order valence-electron chi connectivity index (χ3n) is 6.24. The lowest BCUT2D eigenvalue weighted by molar-refractivity contribution is 0.886. The predicted octanol–water partition coefficient (Wildman–Crippen LogP) is 13.0. The van der Waals surface area contributed by atoms with Gasteiger partial charge in [-0.2, -0.15) is 0 Å². The van der Waals surface area contributed by atoms with E-state index in [-0.39, 0.29) is 0 Å². The number of fused-ring (bicyclic) bond motifs is 1. The molecule has 1 aliphatic rings. The second kappa shape index (κ2) is 22.1. The number of hydrogen-bond acceptors (Lipinski definition) is 1. The number of anilines is 1. The summed E-state index contributed by atoms with van der Waals surface area (Å²) in [7, 11) is 0. The molecule has 2 aromatic rings. The van der Waals surface area contributed by atoms with Crippen LogP contribution in [0.2, 0.25) is 0 Å². The number of aryl methyl sites for hydroxylation is 1. The van der Waals surface area contributed by atoms with Crippen molar-refractivity contribution in [1.29, 1.82) is 0 Å². The van der Waals surface area contributed by atoms with E-state index in [0.29, 0.717) is 0 Å². The monoisotopic (exact) mass is 551 g/mol. The second-order valence-electron chi connectivity index (χ2n) is 9.96. The molecule has 0 radical (unpaired) electrons. The molecular formula is C40H57N. The first-order valence-corrected chi connectivity index (χ1v) is 15.5. The molecule has 0 atom stereocenters. The van der Waals surface area contributed by atoms with E-state index in [9.17, 15) is 0 Å². The van der Waals surface area contributed by atoms with Crippen molar-refractivity contribution in [3.8, 4) is 0 Å². The highest BCUT2D eigenvalue weighted by molar-refractivity contribution is 5.96. The lowest BCUT2D eigenvalue weighted by Gasteiger charge is -2.28. The Labute approximate surface area is 253 Å². The molecule has 0 aliphatic carbocycles. The fourth-order valence-electron chi connectivity index (χ4n) is 3.67. The van der Waals surface area contributed by atoms with Gasteiger partial charge < -0.3 is 5.32 Å². The van der Waals surface area contributed by atoms with Crippen molar-refractivity contribution in [2.45, 2.75) is 94.9 Å². The molecule has 3 rings (SSSR count). The predicted molar refractivity (Wildman–Crippen MR) is 190 cm³/mol. The molecule has 0 bridgehead atoms. The van der Waals surface area contributed by atoms with E-state index in [4.69, 9.17) is 0 Å². The normalized spacial score (nSPS) is 12.5. The Morgan fingerprint density at radius 3 is 1.90 bits per heavy atom. The van der Waals surface area contributed by atoms with Crippen molar-refractivity contribution in [2.24, 2.45) is 0 Å². The minimum atomic E-state index is 0.904. The van der Waals surface area contributed by atoms with Crippen molar-refractivity contribution in [3.05, 3.63) is 143 Å². The Balaban J connectivity index is 0.00000140. The summed E-state index contributed by atoms with van der Waals surface area (Å²) >= 11 is 0. The molecule has 0 fully saturated rings. The van der Waals surface area contributed by atoms with E-state index in [0.717, 1.165) is 28.1 Å². The summed E-state index contributed by atoms with van der Waals surface area (Å²) < 4.78 is 0. The van der Waals surface area contributed by atoms with Gasteiger partial charge in [0.05, 0.1) is 0 Å². The van der Waals surface area contributed by atoms with Gasteiger partial charge >= 0.3 is 0 Å². The molecule has 0 saturated carbocycles. The summed E-state index contributed by atoms with van der Waals surface area (Å²) in [6, 6.07) is 17.1. The SMILES string of the molecule is C=CC(/C=C/C(=C/C)C1=C(c2ccccc2)c2cc(C)ccc2NC1=C)=C\C=C(C)C.CC.CCCC.CCCC. The average molecular weight is 552 g/mol. The largest absolute Gasteiger partial charge is 0.355 e. The number of unbranched alkanes of at least 4 members (excludes halogenated alkanes) is 2. The van der Waals surface area contributed by atoms with Gasteiger partial charge in [0.1, 0.15) is 0 Å². The molecule has 2 aromatic carbocycles. The smallest absolute Gasteiger partial charge is 0.0464 e. The zero-order chi connectivity index (χ0) is 31.2. The van der Waals surface area contributed by atoms with Crippen LogP contribution in [0.1, 0.15) is 105 Å². The van der Waals surface area contributed by atoms with Gasteiger partial charge in [-0.25, -0.2) is 0 Å². The number of hydrogen-bond donors (Lipinski definition) is 1. The highest BCUT2D eigenvalue weighted by Crippen LogP contribution is 2.42. The fourth-order valence-corrected chi connectivity index (χ4v) is 3.67. The van der Waals surface area contributed by atoms with Gasteiger partial charge in [-0.1, -0.05) is 164 Å². The van der Waals surface area contributed by atoms with Crippen molar-refractivity contribution < 1.29 is 0 Å². The molecule has 1 heterocycles. The lowest BCUT2D eigenvalue weighted by atomic mass is 9.83. The number of allylic oxidation sites excluding steroid dienone is 9. The van der Waals surface area contributed by atoms with Crippen LogP contribution in [0.3, 0.4) is 0 Å². The molecule has 0 amide bonds. The van der Waals surface area contributed by atoms with E-state index in [1.807, 2.05) is 19.9 Å². The summed E-state index contributed by atoms with van der Waals surface area (Å²) in [6.07, 6.45) is 17.7. The van der Waals surface area contributed by atoms with Crippen LogP contribution in [0.15, 0.2) is 126 Å². The van der Waals surface area contributed by atoms with Gasteiger partial charge in [0.25, 0.3) is 0 Å². The molecule has 41 heavy (non-hydrogen) atoms. The van der Waals surface area contributed by atoms with Gasteiger partial charge in [0.15, 0.2) is 0 Å². The Hall–Kier alpha value is -3.58. The third kappa shape index (κ3) is 13.1. The molecule has 1 nitrogen and oxygen atoms in total. The zero-order valence-corrected chi connectivity index (χ0v) is 27.8. The summed E-state index contributed by atoms with van der Waals surface area (Å²) in [4.78, 5) is 0. The van der Waals surface area contributed by atoms with Crippen molar-refractivity contribution >= 4 is 11.3 Å². The molecule has 0 saturated heterocycles. The highest BCUT2D eigenvalue weighted by atomic mass is 14.9. The van der Waals surface area contributed by atoms with Crippen LogP contribution in [-0.2, 0) is 0 Å². The molecule has 0 unspecified atom stereocenters. The maximum atomic E-state index is 4.38. The molecule has 0 aromatic heterocycles. The van der Waals surface area contributed by atoms with E-state index in [1.54, 1.807) is 0 Å². The molecule has 1 aliphatic heterocycles. The number of benzene rings is 2. The van der Waals surface area contributed by atoms with Gasteiger partial charge in [0.2, 0.25) is 0 Å². The quantitative estimate of drug-likeness (QED) is 0.322. The van der Waals surface area contributed by atoms with Crippen molar-refractivity contribution in [3.63, 3.8) is 0 Å². The molecule has 1 N–H and O–H groups in total. The number of nitrogens with one attached hydrogen (secondary N) is 1. The standard InChI is InChI=1S/C30H31N.2C4H10.C2H6/c1-7-24(16-14-21(3)4)17-18-25(8-2)29-23(6)31-28-19-15-22(5)20-27(28)30(29)26-12-10-9-11-13-26;2*1-3-4-2;1-2/h7-20,31H,1,6H2,2-5H3;2*3-4H2,1-2H3;1-2H3/b18-17+,24-16+,25-8-;;;. The van der Waals surface area contributed by atoms with Crippen LogP contribution in [0.5, 0.6) is 0 Å². The topological polar surface area (TPSA) is 12.0 Å². The number of rotatable bonds is 8. The average Bonchev–Trinajstić information content (AvgIpc) is 3.00. The lowest BCUT2D eigenvalue weighted by Crippen LogP contribution is -2.14. The highest BCUT2D eigenvalue weighted by Gasteiger charge is 2.24.